The maximum Gasteiger partial charge on any atom is 0.528 e. The van der Waals surface area contributed by atoms with Gasteiger partial charge in [0.1, 0.15) is 0 Å². The Kier molecular flexibility index (Phi) is 3.50. The fourth-order valence-corrected chi connectivity index (χ4v) is 1.43. The van der Waals surface area contributed by atoms with E-state index in [2.05, 4.69) is 4.62 Å². The summed E-state index contributed by atoms with van der Waals surface area (Å²) >= 11 is 0. The summed E-state index contributed by atoms with van der Waals surface area (Å²) in [7, 11) is -3.03. The fraction of sp³-hybridized carbons (Fsp3) is 0.875. The lowest BCUT2D eigenvalue weighted by Gasteiger charge is -2.25. The summed E-state index contributed by atoms with van der Waals surface area (Å²) in [6, 6.07) is 0. The van der Waals surface area contributed by atoms with Crippen LogP contribution in [-0.2, 0) is 9.09 Å². The zero-order valence-electron chi connectivity index (χ0n) is 8.29. The monoisotopic (exact) mass is 189 g/mol. The van der Waals surface area contributed by atoms with E-state index in [1.165, 1.54) is 6.66 Å². The second-order valence-corrected chi connectivity index (χ2v) is 6.03. The van der Waals surface area contributed by atoms with Crippen molar-refractivity contribution in [2.45, 2.75) is 33.8 Å². The summed E-state index contributed by atoms with van der Waals surface area (Å²) in [5.41, 5.74) is -0.0731. The number of rotatable bonds is 2. The van der Waals surface area contributed by atoms with Gasteiger partial charge in [-0.2, -0.15) is 0 Å². The van der Waals surface area contributed by atoms with E-state index in [1.54, 1.807) is 0 Å². The molecule has 0 spiro atoms. The van der Waals surface area contributed by atoms with E-state index < -0.39 is 7.52 Å². The van der Waals surface area contributed by atoms with Crippen LogP contribution in [0.4, 0.5) is 0 Å². The van der Waals surface area contributed by atoms with Crippen LogP contribution in [0.15, 0.2) is 0 Å². The topological polar surface area (TPSA) is 30.7 Å². The highest BCUT2D eigenvalue weighted by atomic mass is 31.2. The summed E-state index contributed by atoms with van der Waals surface area (Å²) < 4.78 is 19.4. The summed E-state index contributed by atoms with van der Waals surface area (Å²) in [5.74, 6) is 0. The maximum atomic E-state index is 11.3. The molecule has 0 aliphatic heterocycles. The minimum atomic E-state index is -3.03. The Labute approximate surface area is 74.4 Å². The van der Waals surface area contributed by atoms with E-state index in [9.17, 15) is 4.57 Å². The van der Waals surface area contributed by atoms with E-state index in [0.717, 1.165) is 0 Å². The molecule has 0 aromatic rings. The minimum absolute atomic E-state index is 0.0731. The highest BCUT2D eigenvalue weighted by molar-refractivity contribution is 7.60. The van der Waals surface area contributed by atoms with Gasteiger partial charge in [0, 0.05) is 0 Å². The smallest absolute Gasteiger partial charge is 0.265 e. The van der Waals surface area contributed by atoms with Crippen LogP contribution < -0.4 is 0 Å². The standard InChI is InChI=1S/C8H16NO2P/c1-7(8(2,3)4)11-12(6,10)9-5/h7H,1-4,6H3/t7?,12-/m0/s1. The van der Waals surface area contributed by atoms with Crippen LogP contribution in [0.5, 0.6) is 0 Å². The molecule has 0 heterocycles. The zero-order chi connectivity index (χ0) is 9.99. The normalized spacial score (nSPS) is 19.3. The maximum absolute atomic E-state index is 11.3. The van der Waals surface area contributed by atoms with Crippen LogP contribution in [0.2, 0.25) is 0 Å². The molecule has 0 rings (SSSR count). The number of hydrogen-bond donors (Lipinski definition) is 0. The summed E-state index contributed by atoms with van der Waals surface area (Å²) in [6.45, 7) is 15.8. The fourth-order valence-electron chi connectivity index (χ4n) is 0.475. The molecule has 2 atom stereocenters. The van der Waals surface area contributed by atoms with Crippen LogP contribution >= 0.6 is 7.52 Å². The van der Waals surface area contributed by atoms with Gasteiger partial charge in [-0.15, -0.1) is 0 Å². The molecule has 0 aliphatic carbocycles. The van der Waals surface area contributed by atoms with Crippen molar-refractivity contribution in [3.8, 4) is 0 Å². The van der Waals surface area contributed by atoms with E-state index in [4.69, 9.17) is 11.1 Å². The molecule has 1 unspecified atom stereocenters. The summed E-state index contributed by atoms with van der Waals surface area (Å²) in [4.78, 5) is 0. The molecule has 70 valence electrons. The minimum Gasteiger partial charge on any atom is -0.265 e. The SMILES string of the molecule is [C-]#[N+][P@@](C)(=O)OC(C)C(C)(C)C. The molecule has 12 heavy (non-hydrogen) atoms. The van der Waals surface area contributed by atoms with E-state index >= 15 is 0 Å². The van der Waals surface area contributed by atoms with Gasteiger partial charge in [0.2, 0.25) is 0 Å². The first-order valence-electron chi connectivity index (χ1n) is 3.84. The van der Waals surface area contributed by atoms with Gasteiger partial charge in [0.05, 0.1) is 12.8 Å². The molecule has 0 amide bonds. The van der Waals surface area contributed by atoms with Gasteiger partial charge in [-0.3, -0.25) is 4.52 Å². The molecule has 0 aromatic carbocycles. The second kappa shape index (κ2) is 3.60. The Hall–Kier alpha value is -0.320. The molecule has 0 saturated carbocycles. The molecule has 3 nitrogen and oxygen atoms in total. The first-order chi connectivity index (χ1) is 5.19. The summed E-state index contributed by atoms with van der Waals surface area (Å²) in [5, 5.41) is 0. The van der Waals surface area contributed by atoms with Crippen molar-refractivity contribution in [3.63, 3.8) is 0 Å². The molecule has 0 fully saturated rings. The molecule has 4 heteroatoms. The van der Waals surface area contributed by atoms with Crippen molar-refractivity contribution in [2.75, 3.05) is 6.66 Å². The van der Waals surface area contributed by atoms with Crippen LogP contribution in [0.25, 0.3) is 4.62 Å². The van der Waals surface area contributed by atoms with Gasteiger partial charge < -0.3 is 0 Å². The third-order valence-electron chi connectivity index (χ3n) is 1.75. The van der Waals surface area contributed by atoms with Crippen molar-refractivity contribution in [1.82, 2.24) is 0 Å². The van der Waals surface area contributed by atoms with E-state index in [-0.39, 0.29) is 11.5 Å². The molecule has 0 saturated heterocycles. The van der Waals surface area contributed by atoms with Crippen LogP contribution in [0, 0.1) is 12.0 Å². The van der Waals surface area contributed by atoms with Crippen molar-refractivity contribution in [2.24, 2.45) is 5.41 Å². The Morgan fingerprint density at radius 3 is 2.17 bits per heavy atom. The average molecular weight is 189 g/mol. The molecule has 0 bridgehead atoms. The Balaban J connectivity index is 4.32. The van der Waals surface area contributed by atoms with Gasteiger partial charge in [0.25, 0.3) is 0 Å². The van der Waals surface area contributed by atoms with Crippen molar-refractivity contribution < 1.29 is 9.09 Å². The van der Waals surface area contributed by atoms with Crippen LogP contribution in [0.1, 0.15) is 27.7 Å². The number of nitrogens with zero attached hydrogens (tertiary/aromatic N) is 1. The predicted molar refractivity (Wildman–Crippen MR) is 50.1 cm³/mol. The zero-order valence-corrected chi connectivity index (χ0v) is 9.18. The molecule has 0 aromatic heterocycles. The first-order valence-corrected chi connectivity index (χ1v) is 5.86. The molecule has 0 radical (unpaired) electrons. The highest BCUT2D eigenvalue weighted by Crippen LogP contribution is 2.47. The lowest BCUT2D eigenvalue weighted by Crippen LogP contribution is -2.24. The van der Waals surface area contributed by atoms with Gasteiger partial charge in [-0.05, 0) is 12.3 Å². The highest BCUT2D eigenvalue weighted by Gasteiger charge is 2.31. The van der Waals surface area contributed by atoms with Crippen LogP contribution in [-0.4, -0.2) is 12.8 Å². The average Bonchev–Trinajstić information content (AvgIpc) is 1.85. The van der Waals surface area contributed by atoms with Crippen molar-refractivity contribution in [1.29, 1.82) is 0 Å². The first kappa shape index (κ1) is 11.7. The Morgan fingerprint density at radius 1 is 1.50 bits per heavy atom. The Morgan fingerprint density at radius 2 is 1.92 bits per heavy atom. The van der Waals surface area contributed by atoms with Crippen molar-refractivity contribution >= 4 is 7.52 Å². The predicted octanol–water partition coefficient (Wildman–Crippen LogP) is 3.18. The third kappa shape index (κ3) is 3.90. The van der Waals surface area contributed by atoms with Crippen molar-refractivity contribution in [3.05, 3.63) is 11.2 Å². The van der Waals surface area contributed by atoms with Gasteiger partial charge in [0.15, 0.2) is 0 Å². The van der Waals surface area contributed by atoms with Gasteiger partial charge in [-0.1, -0.05) is 20.8 Å². The molecular formula is C8H16NO2P. The lowest BCUT2D eigenvalue weighted by molar-refractivity contribution is 0.109. The van der Waals surface area contributed by atoms with E-state index in [1.807, 2.05) is 27.7 Å². The number of hydrogen-bond acceptors (Lipinski definition) is 2. The quantitative estimate of drug-likeness (QED) is 0.493. The second-order valence-electron chi connectivity index (χ2n) is 4.02. The third-order valence-corrected chi connectivity index (χ3v) is 2.83. The lowest BCUT2D eigenvalue weighted by atomic mass is 9.91. The largest absolute Gasteiger partial charge is 0.528 e. The Bertz CT molecular complexity index is 236. The molecule has 0 N–H and O–H groups in total. The van der Waals surface area contributed by atoms with E-state index in [0.29, 0.717) is 0 Å². The van der Waals surface area contributed by atoms with Crippen LogP contribution in [0.3, 0.4) is 0 Å². The van der Waals surface area contributed by atoms with Gasteiger partial charge >= 0.3 is 7.52 Å². The molecular weight excluding hydrogens is 173 g/mol. The summed E-state index contributed by atoms with van der Waals surface area (Å²) in [6.07, 6.45) is -0.164. The van der Waals surface area contributed by atoms with Gasteiger partial charge in [-0.25, -0.2) is 15.8 Å². The molecule has 0 aliphatic rings.